The Hall–Kier alpha value is -3.07. The van der Waals surface area contributed by atoms with Gasteiger partial charge in [0.05, 0.1) is 11.3 Å². The number of hydrogen-bond acceptors (Lipinski definition) is 7. The monoisotopic (exact) mass is 417 g/mol. The fourth-order valence-corrected chi connectivity index (χ4v) is 4.14. The molecule has 4 rings (SSSR count). The van der Waals surface area contributed by atoms with Crippen LogP contribution < -0.4 is 10.8 Å². The van der Waals surface area contributed by atoms with Crippen molar-refractivity contribution in [3.05, 3.63) is 51.7 Å². The molecule has 0 fully saturated rings. The molecule has 30 heavy (non-hydrogen) atoms. The number of pyridine rings is 2. The Morgan fingerprint density at radius 1 is 1.33 bits per heavy atom. The zero-order chi connectivity index (χ0) is 21.3. The van der Waals surface area contributed by atoms with Crippen molar-refractivity contribution in [1.82, 2.24) is 15.0 Å². The van der Waals surface area contributed by atoms with Crippen molar-refractivity contribution in [2.24, 2.45) is 5.16 Å². The van der Waals surface area contributed by atoms with E-state index >= 15 is 0 Å². The van der Waals surface area contributed by atoms with Gasteiger partial charge in [0.15, 0.2) is 0 Å². The first-order chi connectivity index (χ1) is 14.5. The normalized spacial score (nSPS) is 15.6. The average molecular weight is 417 g/mol. The van der Waals surface area contributed by atoms with E-state index in [4.69, 9.17) is 17.7 Å². The molecule has 150 valence electrons. The number of nitrogens with one attached hydrogen (secondary N) is 1. The number of amides is 1. The summed E-state index contributed by atoms with van der Waals surface area (Å²) in [6, 6.07) is 3.67. The van der Waals surface area contributed by atoms with Crippen molar-refractivity contribution in [2.45, 2.75) is 39.7 Å². The van der Waals surface area contributed by atoms with Gasteiger partial charge in [-0.3, -0.25) is 9.78 Å². The van der Waals surface area contributed by atoms with Crippen LogP contribution in [0.1, 0.15) is 46.1 Å². The summed E-state index contributed by atoms with van der Waals surface area (Å²) >= 11 is 1.63. The van der Waals surface area contributed by atoms with Crippen LogP contribution in [0, 0.1) is 6.92 Å². The number of aryl methyl sites for hydroxylation is 1. The molecule has 3 aromatic rings. The number of hydrogen-bond donors (Lipinski definition) is 1. The first kappa shape index (κ1) is 20.2. The number of nitrogens with zero attached hydrogens (tertiary/aromatic N) is 4. The quantitative estimate of drug-likeness (QED) is 0.645. The first-order valence-corrected chi connectivity index (χ1v) is 10.5. The maximum atomic E-state index is 12.5. The van der Waals surface area contributed by atoms with Crippen LogP contribution in [0.3, 0.4) is 0 Å². The molecular formula is C21H20BN5O2S. The third-order valence-electron chi connectivity index (χ3n) is 4.87. The van der Waals surface area contributed by atoms with Crippen LogP contribution >= 0.6 is 11.3 Å². The number of thiazole rings is 1. The predicted molar refractivity (Wildman–Crippen MR) is 119 cm³/mol. The van der Waals surface area contributed by atoms with E-state index in [1.807, 2.05) is 13.0 Å². The summed E-state index contributed by atoms with van der Waals surface area (Å²) in [7, 11) is 5.84. The lowest BCUT2D eigenvalue weighted by Gasteiger charge is -2.09. The minimum Gasteiger partial charge on any atom is -0.392 e. The molecule has 9 heteroatoms. The molecule has 0 saturated carbocycles. The van der Waals surface area contributed by atoms with E-state index in [0.717, 1.165) is 39.7 Å². The van der Waals surface area contributed by atoms with Crippen LogP contribution in [0.5, 0.6) is 0 Å². The van der Waals surface area contributed by atoms with Crippen LogP contribution in [0.15, 0.2) is 35.9 Å². The molecule has 1 aliphatic heterocycles. The van der Waals surface area contributed by atoms with E-state index in [1.54, 1.807) is 30.5 Å². The molecule has 0 aromatic carbocycles. The van der Waals surface area contributed by atoms with Gasteiger partial charge in [-0.25, -0.2) is 9.97 Å². The molecule has 0 saturated heterocycles. The van der Waals surface area contributed by atoms with E-state index in [0.29, 0.717) is 22.4 Å². The second-order valence-electron chi connectivity index (χ2n) is 7.09. The SMILES string of the molecule is [B]c1cncc(C(=O)Nc2ccc(-c3nc(C4=NOC(C)C4)sc3CC)cn2)c1C. The van der Waals surface area contributed by atoms with Crippen LogP contribution in [-0.2, 0) is 11.3 Å². The van der Waals surface area contributed by atoms with E-state index in [-0.39, 0.29) is 12.0 Å². The predicted octanol–water partition coefficient (Wildman–Crippen LogP) is 3.03. The van der Waals surface area contributed by atoms with Crippen molar-refractivity contribution in [1.29, 1.82) is 0 Å². The average Bonchev–Trinajstić information content (AvgIpc) is 3.36. The van der Waals surface area contributed by atoms with Gasteiger partial charge in [0.2, 0.25) is 0 Å². The Morgan fingerprint density at radius 2 is 2.17 bits per heavy atom. The van der Waals surface area contributed by atoms with Crippen molar-refractivity contribution in [3.63, 3.8) is 0 Å². The van der Waals surface area contributed by atoms with Gasteiger partial charge in [-0.15, -0.1) is 11.3 Å². The Labute approximate surface area is 180 Å². The van der Waals surface area contributed by atoms with Gasteiger partial charge < -0.3 is 10.2 Å². The van der Waals surface area contributed by atoms with Crippen molar-refractivity contribution >= 4 is 42.1 Å². The van der Waals surface area contributed by atoms with E-state index < -0.39 is 0 Å². The van der Waals surface area contributed by atoms with Crippen LogP contribution in [0.4, 0.5) is 5.82 Å². The summed E-state index contributed by atoms with van der Waals surface area (Å²) in [6.45, 7) is 5.87. The standard InChI is InChI=1S/C21H20BN5O2S/c1-4-17-19(26-21(30-17)16-7-11(2)29-27-16)13-5-6-18(24-8-13)25-20(28)14-9-23-10-15(22)12(14)3/h5-6,8-11H,4,7H2,1-3H3,(H,24,25,28). The van der Waals surface area contributed by atoms with Gasteiger partial charge in [-0.05, 0) is 38.0 Å². The highest BCUT2D eigenvalue weighted by atomic mass is 32.1. The summed E-state index contributed by atoms with van der Waals surface area (Å²) in [6.07, 6.45) is 6.44. The molecule has 3 aromatic heterocycles. The zero-order valence-corrected chi connectivity index (χ0v) is 17.8. The summed E-state index contributed by atoms with van der Waals surface area (Å²) in [5, 5.41) is 7.82. The molecule has 2 radical (unpaired) electrons. The lowest BCUT2D eigenvalue weighted by atomic mass is 9.91. The highest BCUT2D eigenvalue weighted by Gasteiger charge is 2.23. The molecule has 0 spiro atoms. The second kappa shape index (κ2) is 8.35. The third-order valence-corrected chi connectivity index (χ3v) is 6.12. The summed E-state index contributed by atoms with van der Waals surface area (Å²) in [4.78, 5) is 32.2. The molecule has 1 amide bonds. The molecule has 0 aliphatic carbocycles. The molecular weight excluding hydrogens is 397 g/mol. The van der Waals surface area contributed by atoms with Gasteiger partial charge in [0, 0.05) is 35.5 Å². The van der Waals surface area contributed by atoms with E-state index in [2.05, 4.69) is 27.4 Å². The number of carbonyl (C=O) groups is 1. The lowest BCUT2D eigenvalue weighted by molar-refractivity contribution is 0.0995. The highest BCUT2D eigenvalue weighted by molar-refractivity contribution is 7.14. The Kier molecular flexibility index (Phi) is 5.63. The summed E-state index contributed by atoms with van der Waals surface area (Å²) in [5.74, 6) is 0.146. The molecule has 1 aliphatic rings. The Morgan fingerprint density at radius 3 is 2.83 bits per heavy atom. The largest absolute Gasteiger partial charge is 0.392 e. The number of anilines is 1. The molecule has 7 nitrogen and oxygen atoms in total. The van der Waals surface area contributed by atoms with Crippen LogP contribution in [0.25, 0.3) is 11.3 Å². The second-order valence-corrected chi connectivity index (χ2v) is 8.17. The van der Waals surface area contributed by atoms with E-state index in [9.17, 15) is 4.79 Å². The summed E-state index contributed by atoms with van der Waals surface area (Å²) < 4.78 is 0. The molecule has 1 N–H and O–H groups in total. The van der Waals surface area contributed by atoms with Gasteiger partial charge in [0.1, 0.15) is 30.5 Å². The zero-order valence-electron chi connectivity index (χ0n) is 17.0. The fourth-order valence-electron chi connectivity index (χ4n) is 3.13. The molecule has 0 bridgehead atoms. The number of aromatic nitrogens is 3. The van der Waals surface area contributed by atoms with Crippen LogP contribution in [-0.4, -0.2) is 40.5 Å². The van der Waals surface area contributed by atoms with Crippen LogP contribution in [0.2, 0.25) is 0 Å². The molecule has 1 unspecified atom stereocenters. The minimum absolute atomic E-state index is 0.0841. The van der Waals surface area contributed by atoms with Gasteiger partial charge in [-0.2, -0.15) is 0 Å². The van der Waals surface area contributed by atoms with Crippen molar-refractivity contribution in [2.75, 3.05) is 5.32 Å². The maximum absolute atomic E-state index is 12.5. The summed E-state index contributed by atoms with van der Waals surface area (Å²) in [5.41, 5.74) is 4.25. The van der Waals surface area contributed by atoms with Crippen molar-refractivity contribution in [3.8, 4) is 11.3 Å². The topological polar surface area (TPSA) is 89.4 Å². The minimum atomic E-state index is -0.300. The highest BCUT2D eigenvalue weighted by Crippen LogP contribution is 2.31. The van der Waals surface area contributed by atoms with Gasteiger partial charge in [-0.1, -0.05) is 17.5 Å². The molecule has 1 atom stereocenters. The van der Waals surface area contributed by atoms with Gasteiger partial charge in [0.25, 0.3) is 5.91 Å². The number of carbonyl (C=O) groups excluding carboxylic acids is 1. The Bertz CT molecular complexity index is 1130. The van der Waals surface area contributed by atoms with Crippen molar-refractivity contribution < 1.29 is 9.63 Å². The first-order valence-electron chi connectivity index (χ1n) is 9.66. The maximum Gasteiger partial charge on any atom is 0.258 e. The number of oxime groups is 1. The van der Waals surface area contributed by atoms with E-state index in [1.165, 1.54) is 12.4 Å². The Balaban J connectivity index is 1.54. The fraction of sp³-hybridized carbons (Fsp3) is 0.286. The number of rotatable bonds is 5. The molecule has 4 heterocycles. The smallest absolute Gasteiger partial charge is 0.258 e. The van der Waals surface area contributed by atoms with Gasteiger partial charge >= 0.3 is 0 Å². The third kappa shape index (κ3) is 3.98. The lowest BCUT2D eigenvalue weighted by Crippen LogP contribution is -2.19.